The van der Waals surface area contributed by atoms with E-state index in [2.05, 4.69) is 20.3 Å². The Morgan fingerprint density at radius 3 is 2.36 bits per heavy atom. The lowest BCUT2D eigenvalue weighted by molar-refractivity contribution is -0.137. The fourth-order valence-corrected chi connectivity index (χ4v) is 2.69. The van der Waals surface area contributed by atoms with Gasteiger partial charge in [-0.1, -0.05) is 5.21 Å². The third kappa shape index (κ3) is 3.24. The van der Waals surface area contributed by atoms with Gasteiger partial charge in [0.2, 0.25) is 0 Å². The molecule has 28 heavy (non-hydrogen) atoms. The molecule has 6 nitrogen and oxygen atoms in total. The van der Waals surface area contributed by atoms with Crippen molar-refractivity contribution in [1.82, 2.24) is 29.5 Å². The number of rotatable bonds is 3. The van der Waals surface area contributed by atoms with Crippen molar-refractivity contribution in [2.75, 3.05) is 0 Å². The summed E-state index contributed by atoms with van der Waals surface area (Å²) in [4.78, 5) is 8.14. The lowest BCUT2D eigenvalue weighted by Gasteiger charge is -2.07. The van der Waals surface area contributed by atoms with Gasteiger partial charge in [-0.15, -0.1) is 5.10 Å². The van der Waals surface area contributed by atoms with Crippen LogP contribution in [0.3, 0.4) is 0 Å². The predicted octanol–water partition coefficient (Wildman–Crippen LogP) is 3.98. The molecule has 0 aliphatic heterocycles. The highest BCUT2D eigenvalue weighted by atomic mass is 19.4. The molecule has 142 valence electrons. The second-order valence-corrected chi connectivity index (χ2v) is 5.98. The van der Waals surface area contributed by atoms with Crippen LogP contribution in [-0.4, -0.2) is 29.5 Å². The fraction of sp³-hybridized carbons (Fsp3) is 0.111. The molecule has 0 unspecified atom stereocenters. The van der Waals surface area contributed by atoms with Crippen LogP contribution in [0.1, 0.15) is 11.3 Å². The van der Waals surface area contributed by atoms with E-state index in [1.165, 1.54) is 33.8 Å². The second kappa shape index (κ2) is 6.55. The van der Waals surface area contributed by atoms with Gasteiger partial charge in [0.05, 0.1) is 16.9 Å². The minimum absolute atomic E-state index is 0.283. The van der Waals surface area contributed by atoms with E-state index in [0.717, 1.165) is 12.3 Å². The normalized spacial score (nSPS) is 11.8. The molecule has 0 saturated carbocycles. The summed E-state index contributed by atoms with van der Waals surface area (Å²) in [5.74, 6) is -0.0926. The fourth-order valence-electron chi connectivity index (χ4n) is 2.69. The number of aryl methyl sites for hydroxylation is 1. The van der Waals surface area contributed by atoms with Gasteiger partial charge >= 0.3 is 6.18 Å². The first kappa shape index (κ1) is 17.8. The lowest BCUT2D eigenvalue weighted by atomic mass is 10.2. The summed E-state index contributed by atoms with van der Waals surface area (Å²) in [7, 11) is 0. The van der Waals surface area contributed by atoms with Crippen molar-refractivity contribution in [2.24, 2.45) is 0 Å². The van der Waals surface area contributed by atoms with Gasteiger partial charge in [0, 0.05) is 12.4 Å². The van der Waals surface area contributed by atoms with Gasteiger partial charge in [0.15, 0.2) is 0 Å². The summed E-state index contributed by atoms with van der Waals surface area (Å²) in [5.41, 5.74) is 1.44. The molecule has 4 aromatic rings. The zero-order valence-corrected chi connectivity index (χ0v) is 14.4. The minimum Gasteiger partial charge on any atom is -0.290 e. The van der Waals surface area contributed by atoms with E-state index >= 15 is 0 Å². The summed E-state index contributed by atoms with van der Waals surface area (Å²) < 4.78 is 54.3. The number of imidazole rings is 1. The van der Waals surface area contributed by atoms with Crippen molar-refractivity contribution in [1.29, 1.82) is 0 Å². The van der Waals surface area contributed by atoms with Gasteiger partial charge < -0.3 is 0 Å². The van der Waals surface area contributed by atoms with Crippen molar-refractivity contribution >= 4 is 0 Å². The summed E-state index contributed by atoms with van der Waals surface area (Å²) >= 11 is 0. The molecule has 0 N–H and O–H groups in total. The predicted molar refractivity (Wildman–Crippen MR) is 91.4 cm³/mol. The average Bonchev–Trinajstić information content (AvgIpc) is 3.28. The number of hydrogen-bond donors (Lipinski definition) is 0. The van der Waals surface area contributed by atoms with Crippen molar-refractivity contribution in [3.8, 4) is 22.9 Å². The maximum Gasteiger partial charge on any atom is 0.417 e. The second-order valence-electron chi connectivity index (χ2n) is 5.98. The summed E-state index contributed by atoms with van der Waals surface area (Å²) in [6.45, 7) is 1.75. The number of benzene rings is 1. The van der Waals surface area contributed by atoms with E-state index in [0.29, 0.717) is 22.8 Å². The first-order chi connectivity index (χ1) is 13.3. The molecule has 10 heteroatoms. The van der Waals surface area contributed by atoms with Crippen molar-refractivity contribution in [3.05, 3.63) is 72.2 Å². The summed E-state index contributed by atoms with van der Waals surface area (Å²) in [6, 6.07) is 7.94. The molecule has 0 saturated heterocycles. The van der Waals surface area contributed by atoms with Crippen LogP contribution in [0.4, 0.5) is 17.6 Å². The third-order valence-corrected chi connectivity index (χ3v) is 4.07. The number of alkyl halides is 3. The molecular weight excluding hydrogens is 376 g/mol. The molecule has 0 spiro atoms. The van der Waals surface area contributed by atoms with Crippen LogP contribution >= 0.6 is 0 Å². The maximum atomic E-state index is 13.2. The molecule has 0 aliphatic carbocycles. The zero-order chi connectivity index (χ0) is 19.9. The Morgan fingerprint density at radius 1 is 0.964 bits per heavy atom. The highest BCUT2D eigenvalue weighted by Crippen LogP contribution is 2.29. The van der Waals surface area contributed by atoms with E-state index in [-0.39, 0.29) is 11.6 Å². The van der Waals surface area contributed by atoms with E-state index in [4.69, 9.17) is 0 Å². The van der Waals surface area contributed by atoms with Crippen LogP contribution in [0.15, 0.2) is 55.1 Å². The van der Waals surface area contributed by atoms with Gasteiger partial charge in [0.1, 0.15) is 29.4 Å². The molecule has 0 radical (unpaired) electrons. The lowest BCUT2D eigenvalue weighted by Crippen LogP contribution is -2.06. The first-order valence-corrected chi connectivity index (χ1v) is 8.09. The van der Waals surface area contributed by atoms with E-state index < -0.39 is 11.7 Å². The molecule has 0 bridgehead atoms. The largest absolute Gasteiger partial charge is 0.417 e. The zero-order valence-electron chi connectivity index (χ0n) is 14.4. The molecule has 3 heterocycles. The monoisotopic (exact) mass is 388 g/mol. The Morgan fingerprint density at radius 2 is 1.71 bits per heavy atom. The van der Waals surface area contributed by atoms with Gasteiger partial charge in [-0.3, -0.25) is 4.57 Å². The Balaban J connectivity index is 1.71. The molecule has 3 aromatic heterocycles. The highest BCUT2D eigenvalue weighted by Gasteiger charge is 2.30. The van der Waals surface area contributed by atoms with Crippen molar-refractivity contribution in [2.45, 2.75) is 13.1 Å². The maximum absolute atomic E-state index is 13.2. The number of nitrogens with zero attached hydrogens (tertiary/aromatic N) is 6. The molecule has 0 atom stereocenters. The van der Waals surface area contributed by atoms with Crippen LogP contribution in [0, 0.1) is 12.7 Å². The average molecular weight is 388 g/mol. The van der Waals surface area contributed by atoms with Crippen LogP contribution in [-0.2, 0) is 6.18 Å². The molecule has 4 rings (SSSR count). The Kier molecular flexibility index (Phi) is 4.17. The summed E-state index contributed by atoms with van der Waals surface area (Å²) in [5, 5.41) is 8.11. The smallest absolute Gasteiger partial charge is 0.290 e. The number of pyridine rings is 1. The number of aromatic nitrogens is 6. The molecule has 0 fully saturated rings. The van der Waals surface area contributed by atoms with Gasteiger partial charge in [-0.25, -0.2) is 19.0 Å². The molecule has 0 amide bonds. The standard InChI is InChI=1S/C18H12F4N6/c1-11-17(28(26-25-11)14-5-3-13(19)4-6-14)15-9-27(10-24-15)16-7-2-12(8-23-16)18(20,21)22/h2-10H,1H3. The SMILES string of the molecule is Cc1nnn(-c2ccc(F)cc2)c1-c1cn(-c2ccc(C(F)(F)F)cn2)cn1. The third-order valence-electron chi connectivity index (χ3n) is 4.07. The van der Waals surface area contributed by atoms with Crippen LogP contribution < -0.4 is 0 Å². The number of hydrogen-bond acceptors (Lipinski definition) is 4. The van der Waals surface area contributed by atoms with Gasteiger partial charge in [-0.05, 0) is 43.3 Å². The quantitative estimate of drug-likeness (QED) is 0.498. The molecular formula is C18H12F4N6. The van der Waals surface area contributed by atoms with Gasteiger partial charge in [-0.2, -0.15) is 13.2 Å². The highest BCUT2D eigenvalue weighted by molar-refractivity contribution is 5.60. The topological polar surface area (TPSA) is 61.4 Å². The van der Waals surface area contributed by atoms with Gasteiger partial charge in [0.25, 0.3) is 0 Å². The number of halogens is 4. The minimum atomic E-state index is -4.45. The molecule has 0 aliphatic rings. The van der Waals surface area contributed by atoms with E-state index in [9.17, 15) is 17.6 Å². The van der Waals surface area contributed by atoms with Crippen molar-refractivity contribution < 1.29 is 17.6 Å². The Bertz CT molecular complexity index is 1110. The van der Waals surface area contributed by atoms with Crippen LogP contribution in [0.2, 0.25) is 0 Å². The first-order valence-electron chi connectivity index (χ1n) is 8.09. The Hall–Kier alpha value is -3.56. The van der Waals surface area contributed by atoms with E-state index in [1.807, 2.05) is 0 Å². The van der Waals surface area contributed by atoms with Crippen LogP contribution in [0.5, 0.6) is 0 Å². The van der Waals surface area contributed by atoms with Crippen LogP contribution in [0.25, 0.3) is 22.9 Å². The van der Waals surface area contributed by atoms with Crippen molar-refractivity contribution in [3.63, 3.8) is 0 Å². The van der Waals surface area contributed by atoms with E-state index in [1.54, 1.807) is 25.3 Å². The molecule has 1 aromatic carbocycles. The summed E-state index contributed by atoms with van der Waals surface area (Å²) in [6.07, 6.45) is -0.631. The Labute approximate surface area is 156 Å².